The molecule has 164 valence electrons. The molecule has 0 spiro atoms. The van der Waals surface area contributed by atoms with Crippen LogP contribution in [0.2, 0.25) is 0 Å². The first-order valence-corrected chi connectivity index (χ1v) is 12.6. The molecule has 0 aromatic heterocycles. The summed E-state index contributed by atoms with van der Waals surface area (Å²) >= 11 is 0. The molecule has 1 aromatic carbocycles. The van der Waals surface area contributed by atoms with Crippen LogP contribution in [0.3, 0.4) is 0 Å². The topological polar surface area (TPSA) is 43.1 Å². The first kappa shape index (κ1) is 20.7. The fraction of sp³-hybridized carbons (Fsp3) is 0.750. The van der Waals surface area contributed by atoms with Gasteiger partial charge in [-0.15, -0.1) is 0 Å². The number of benzene rings is 1. The van der Waals surface area contributed by atoms with Crippen LogP contribution in [0.4, 0.5) is 0 Å². The maximum absolute atomic E-state index is 13.6. The number of nitrogens with two attached hydrogens (primary N) is 1. The van der Waals surface area contributed by atoms with Crippen molar-refractivity contribution in [2.45, 2.75) is 91.0 Å². The second kappa shape index (κ2) is 6.92. The molecule has 2 nitrogen and oxygen atoms in total. The zero-order valence-electron chi connectivity index (χ0n) is 19.5. The van der Waals surface area contributed by atoms with Crippen LogP contribution in [0.5, 0.6) is 0 Å². The molecule has 0 saturated heterocycles. The molecule has 1 aromatic rings. The van der Waals surface area contributed by atoms with E-state index in [1.165, 1.54) is 50.5 Å². The van der Waals surface area contributed by atoms with Gasteiger partial charge in [0.1, 0.15) is 0 Å². The van der Waals surface area contributed by atoms with Crippen LogP contribution in [0.1, 0.15) is 94.5 Å². The summed E-state index contributed by atoms with van der Waals surface area (Å²) in [5.74, 6) is 3.39. The molecule has 2 N–H and O–H groups in total. The quantitative estimate of drug-likeness (QED) is 0.565. The first-order chi connectivity index (χ1) is 14.2. The van der Waals surface area contributed by atoms with Crippen LogP contribution >= 0.6 is 0 Å². The number of rotatable bonds is 2. The Morgan fingerprint density at radius 2 is 1.57 bits per heavy atom. The van der Waals surface area contributed by atoms with Crippen LogP contribution < -0.4 is 5.73 Å². The van der Waals surface area contributed by atoms with Gasteiger partial charge in [-0.2, -0.15) is 0 Å². The van der Waals surface area contributed by atoms with Crippen molar-refractivity contribution in [3.8, 4) is 0 Å². The maximum atomic E-state index is 13.6. The molecular formula is C28H41NO. The molecule has 0 amide bonds. The van der Waals surface area contributed by atoms with E-state index in [-0.39, 0.29) is 16.9 Å². The van der Waals surface area contributed by atoms with Crippen molar-refractivity contribution >= 4 is 5.78 Å². The average Bonchev–Trinajstić information content (AvgIpc) is 3.07. The Labute approximate surface area is 183 Å². The highest BCUT2D eigenvalue weighted by Crippen LogP contribution is 2.68. The van der Waals surface area contributed by atoms with Crippen LogP contribution in [0.25, 0.3) is 0 Å². The van der Waals surface area contributed by atoms with Crippen molar-refractivity contribution in [1.82, 2.24) is 0 Å². The number of hydrogen-bond acceptors (Lipinski definition) is 2. The Kier molecular flexibility index (Phi) is 4.79. The molecule has 4 aliphatic carbocycles. The molecule has 5 rings (SSSR count). The van der Waals surface area contributed by atoms with Crippen LogP contribution in [0.15, 0.2) is 24.3 Å². The minimum atomic E-state index is -0.0683. The third-order valence-corrected chi connectivity index (χ3v) is 10.8. The van der Waals surface area contributed by atoms with E-state index < -0.39 is 0 Å². The summed E-state index contributed by atoms with van der Waals surface area (Å²) < 4.78 is 0. The fourth-order valence-electron chi connectivity index (χ4n) is 9.04. The predicted octanol–water partition coefficient (Wildman–Crippen LogP) is 6.55. The maximum Gasteiger partial charge on any atom is 0.166 e. The highest BCUT2D eigenvalue weighted by Gasteiger charge is 2.66. The summed E-state index contributed by atoms with van der Waals surface area (Å²) in [6.45, 7) is 9.54. The second-order valence-electron chi connectivity index (χ2n) is 12.2. The van der Waals surface area contributed by atoms with E-state index in [2.05, 4.69) is 39.8 Å². The van der Waals surface area contributed by atoms with Gasteiger partial charge in [0.2, 0.25) is 0 Å². The molecule has 4 fully saturated rings. The standard InChI is InChI=1S/C28H41NO/c1-18-5-7-20(8-6-18)25(30)22-9-10-23-27(22,4)15-13-24-26(3)14-11-19(2)17-21(26)12-16-28(23,24)29/h5-8,19,21-24H,9-17,29H2,1-4H3/t19-,21?,22+,23?,24?,26-,27+,28+/m0/s1. The number of aryl methyl sites for hydroxylation is 1. The van der Waals surface area contributed by atoms with Gasteiger partial charge in [0.25, 0.3) is 0 Å². The lowest BCUT2D eigenvalue weighted by Crippen LogP contribution is -2.68. The molecule has 0 aliphatic heterocycles. The van der Waals surface area contributed by atoms with Gasteiger partial charge in [0.05, 0.1) is 0 Å². The lowest BCUT2D eigenvalue weighted by atomic mass is 9.41. The Morgan fingerprint density at radius 1 is 0.900 bits per heavy atom. The van der Waals surface area contributed by atoms with E-state index in [1.807, 2.05) is 12.1 Å². The van der Waals surface area contributed by atoms with Crippen LogP contribution in [0, 0.1) is 47.3 Å². The van der Waals surface area contributed by atoms with Crippen LogP contribution in [-0.2, 0) is 0 Å². The summed E-state index contributed by atoms with van der Waals surface area (Å²) in [5.41, 5.74) is 10.0. The summed E-state index contributed by atoms with van der Waals surface area (Å²) in [6, 6.07) is 8.23. The molecule has 0 radical (unpaired) electrons. The van der Waals surface area contributed by atoms with Gasteiger partial charge in [-0.3, -0.25) is 4.79 Å². The first-order valence-electron chi connectivity index (χ1n) is 12.6. The highest BCUT2D eigenvalue weighted by molar-refractivity contribution is 5.98. The molecular weight excluding hydrogens is 366 g/mol. The Hall–Kier alpha value is -1.15. The number of carbonyl (C=O) groups is 1. The van der Waals surface area contributed by atoms with Crippen molar-refractivity contribution < 1.29 is 4.79 Å². The van der Waals surface area contributed by atoms with E-state index in [0.717, 1.165) is 30.2 Å². The number of carbonyl (C=O) groups excluding carboxylic acids is 1. The van der Waals surface area contributed by atoms with Gasteiger partial charge in [-0.05, 0) is 92.8 Å². The molecule has 8 atom stereocenters. The van der Waals surface area contributed by atoms with E-state index in [1.54, 1.807) is 0 Å². The molecule has 3 unspecified atom stereocenters. The zero-order valence-corrected chi connectivity index (χ0v) is 19.5. The molecule has 30 heavy (non-hydrogen) atoms. The smallest absolute Gasteiger partial charge is 0.166 e. The van der Waals surface area contributed by atoms with E-state index >= 15 is 0 Å². The second-order valence-corrected chi connectivity index (χ2v) is 12.2. The minimum Gasteiger partial charge on any atom is -0.325 e. The normalized spacial score (nSPS) is 47.8. The van der Waals surface area contributed by atoms with E-state index in [9.17, 15) is 4.79 Å². The summed E-state index contributed by atoms with van der Waals surface area (Å²) in [6.07, 6.45) is 11.2. The Balaban J connectivity index is 1.44. The third-order valence-electron chi connectivity index (χ3n) is 10.8. The number of ketones is 1. The third kappa shape index (κ3) is 2.81. The predicted molar refractivity (Wildman–Crippen MR) is 123 cm³/mol. The zero-order chi connectivity index (χ0) is 21.3. The SMILES string of the molecule is Cc1ccc(C(=O)[C@H]2CCC3[C@]4(N)CCC5C[C@@H](C)CC[C@]5(C)C4CC[C@@]32C)cc1. The van der Waals surface area contributed by atoms with Crippen LogP contribution in [-0.4, -0.2) is 11.3 Å². The molecule has 0 heterocycles. The number of hydrogen-bond donors (Lipinski definition) is 1. The molecule has 2 heteroatoms. The van der Waals surface area contributed by atoms with E-state index in [4.69, 9.17) is 5.73 Å². The van der Waals surface area contributed by atoms with Gasteiger partial charge >= 0.3 is 0 Å². The Bertz CT molecular complexity index is 830. The molecule has 4 saturated carbocycles. The number of Topliss-reactive ketones (excluding diaryl/α,β-unsaturated/α-hetero) is 1. The fourth-order valence-corrected chi connectivity index (χ4v) is 9.04. The average molecular weight is 408 g/mol. The lowest BCUT2D eigenvalue weighted by molar-refractivity contribution is -0.128. The van der Waals surface area contributed by atoms with Gasteiger partial charge in [0, 0.05) is 17.0 Å². The minimum absolute atomic E-state index is 0.0678. The monoisotopic (exact) mass is 407 g/mol. The lowest BCUT2D eigenvalue weighted by Gasteiger charge is -2.65. The summed E-state index contributed by atoms with van der Waals surface area (Å²) in [4.78, 5) is 13.6. The Morgan fingerprint density at radius 3 is 2.30 bits per heavy atom. The van der Waals surface area contributed by atoms with Gasteiger partial charge in [-0.1, -0.05) is 57.0 Å². The molecule has 4 aliphatic rings. The van der Waals surface area contributed by atoms with Gasteiger partial charge < -0.3 is 5.73 Å². The summed E-state index contributed by atoms with van der Waals surface area (Å²) in [7, 11) is 0. The van der Waals surface area contributed by atoms with Gasteiger partial charge in [-0.25, -0.2) is 0 Å². The number of fused-ring (bicyclic) bond motifs is 5. The van der Waals surface area contributed by atoms with Crippen molar-refractivity contribution in [2.75, 3.05) is 0 Å². The van der Waals surface area contributed by atoms with Crippen molar-refractivity contribution in [3.05, 3.63) is 35.4 Å². The van der Waals surface area contributed by atoms with Gasteiger partial charge in [0.15, 0.2) is 5.78 Å². The van der Waals surface area contributed by atoms with E-state index in [0.29, 0.717) is 23.0 Å². The largest absolute Gasteiger partial charge is 0.325 e. The summed E-state index contributed by atoms with van der Waals surface area (Å²) in [5, 5.41) is 0. The van der Waals surface area contributed by atoms with Crippen molar-refractivity contribution in [2.24, 2.45) is 46.2 Å². The highest BCUT2D eigenvalue weighted by atomic mass is 16.1. The van der Waals surface area contributed by atoms with Crippen molar-refractivity contribution in [1.29, 1.82) is 0 Å². The molecule has 0 bridgehead atoms. The van der Waals surface area contributed by atoms with Crippen molar-refractivity contribution in [3.63, 3.8) is 0 Å².